The van der Waals surface area contributed by atoms with Crippen molar-refractivity contribution in [1.29, 1.82) is 0 Å². The summed E-state index contributed by atoms with van der Waals surface area (Å²) in [5.41, 5.74) is 0.542. The predicted molar refractivity (Wildman–Crippen MR) is 129 cm³/mol. The van der Waals surface area contributed by atoms with Gasteiger partial charge in [0.2, 0.25) is 11.8 Å². The molecule has 180 valence electrons. The monoisotopic (exact) mass is 456 g/mol. The van der Waals surface area contributed by atoms with E-state index in [-0.39, 0.29) is 23.8 Å². The van der Waals surface area contributed by atoms with Crippen molar-refractivity contribution in [3.63, 3.8) is 0 Å². The zero-order valence-electron chi connectivity index (χ0n) is 20.5. The SMILES string of the molecule is COc1ccc(CN(C(=O)CCCOc2ccc(OC)cc2)C(C)C(=O)NC(C)(C)C)cc1. The van der Waals surface area contributed by atoms with E-state index < -0.39 is 6.04 Å². The molecular weight excluding hydrogens is 420 g/mol. The second-order valence-corrected chi connectivity index (χ2v) is 8.91. The molecule has 2 aromatic carbocycles. The van der Waals surface area contributed by atoms with Crippen molar-refractivity contribution in [2.75, 3.05) is 20.8 Å². The number of amides is 2. The lowest BCUT2D eigenvalue weighted by Gasteiger charge is -2.31. The first-order valence-electron chi connectivity index (χ1n) is 11.1. The third-order valence-corrected chi connectivity index (χ3v) is 5.04. The smallest absolute Gasteiger partial charge is 0.242 e. The highest BCUT2D eigenvalue weighted by molar-refractivity contribution is 5.87. The summed E-state index contributed by atoms with van der Waals surface area (Å²) in [6.07, 6.45) is 0.817. The van der Waals surface area contributed by atoms with Crippen LogP contribution < -0.4 is 19.5 Å². The Bertz CT molecular complexity index is 888. The van der Waals surface area contributed by atoms with Crippen LogP contribution in [-0.4, -0.2) is 49.1 Å². The van der Waals surface area contributed by atoms with Crippen LogP contribution in [0, 0.1) is 0 Å². The minimum absolute atomic E-state index is 0.0966. The van der Waals surface area contributed by atoms with Crippen molar-refractivity contribution in [2.45, 2.75) is 58.7 Å². The molecule has 2 aromatic rings. The molecule has 7 nitrogen and oxygen atoms in total. The molecule has 33 heavy (non-hydrogen) atoms. The molecule has 1 N–H and O–H groups in total. The number of nitrogens with one attached hydrogen (secondary N) is 1. The predicted octanol–water partition coefficient (Wildman–Crippen LogP) is 4.19. The largest absolute Gasteiger partial charge is 0.497 e. The highest BCUT2D eigenvalue weighted by Crippen LogP contribution is 2.19. The molecule has 0 aliphatic heterocycles. The molecule has 0 aliphatic carbocycles. The first-order valence-corrected chi connectivity index (χ1v) is 11.1. The van der Waals surface area contributed by atoms with Crippen LogP contribution in [0.5, 0.6) is 17.2 Å². The minimum atomic E-state index is -0.610. The minimum Gasteiger partial charge on any atom is -0.497 e. The first kappa shape index (κ1) is 26.0. The molecule has 0 spiro atoms. The summed E-state index contributed by atoms with van der Waals surface area (Å²) >= 11 is 0. The third-order valence-electron chi connectivity index (χ3n) is 5.04. The summed E-state index contributed by atoms with van der Waals surface area (Å²) in [5, 5.41) is 2.97. The lowest BCUT2D eigenvalue weighted by molar-refractivity contribution is -0.141. The molecule has 0 aliphatic rings. The van der Waals surface area contributed by atoms with Gasteiger partial charge in [-0.2, -0.15) is 0 Å². The van der Waals surface area contributed by atoms with Gasteiger partial charge < -0.3 is 24.4 Å². The fourth-order valence-corrected chi connectivity index (χ4v) is 3.21. The lowest BCUT2D eigenvalue weighted by atomic mass is 10.1. The molecule has 2 amide bonds. The van der Waals surface area contributed by atoms with E-state index >= 15 is 0 Å². The van der Waals surface area contributed by atoms with E-state index in [2.05, 4.69) is 5.32 Å². The van der Waals surface area contributed by atoms with Crippen molar-refractivity contribution in [3.8, 4) is 17.2 Å². The Kier molecular flexibility index (Phi) is 9.57. The fraction of sp³-hybridized carbons (Fsp3) is 0.462. The van der Waals surface area contributed by atoms with Gasteiger partial charge in [-0.1, -0.05) is 12.1 Å². The van der Waals surface area contributed by atoms with Gasteiger partial charge in [0.05, 0.1) is 20.8 Å². The van der Waals surface area contributed by atoms with Crippen molar-refractivity contribution >= 4 is 11.8 Å². The molecule has 0 saturated heterocycles. The van der Waals surface area contributed by atoms with Crippen LogP contribution in [0.1, 0.15) is 46.1 Å². The molecule has 0 bridgehead atoms. The highest BCUT2D eigenvalue weighted by Gasteiger charge is 2.28. The molecule has 0 fully saturated rings. The normalized spacial score (nSPS) is 11.9. The van der Waals surface area contributed by atoms with Crippen molar-refractivity contribution in [3.05, 3.63) is 54.1 Å². The van der Waals surface area contributed by atoms with Crippen LogP contribution in [0.15, 0.2) is 48.5 Å². The topological polar surface area (TPSA) is 77.1 Å². The number of hydrogen-bond acceptors (Lipinski definition) is 5. The summed E-state index contributed by atoms with van der Waals surface area (Å²) < 4.78 is 16.1. The van der Waals surface area contributed by atoms with E-state index in [9.17, 15) is 9.59 Å². The van der Waals surface area contributed by atoms with Crippen LogP contribution in [0.2, 0.25) is 0 Å². The van der Waals surface area contributed by atoms with Gasteiger partial charge in [-0.3, -0.25) is 9.59 Å². The molecule has 0 aromatic heterocycles. The van der Waals surface area contributed by atoms with Gasteiger partial charge in [-0.25, -0.2) is 0 Å². The van der Waals surface area contributed by atoms with E-state index in [1.165, 1.54) is 0 Å². The van der Waals surface area contributed by atoms with E-state index in [0.717, 1.165) is 22.8 Å². The van der Waals surface area contributed by atoms with Crippen molar-refractivity contribution in [1.82, 2.24) is 10.2 Å². The quantitative estimate of drug-likeness (QED) is 0.513. The molecule has 0 radical (unpaired) electrons. The summed E-state index contributed by atoms with van der Waals surface area (Å²) in [6, 6.07) is 14.2. The summed E-state index contributed by atoms with van der Waals surface area (Å²) in [5.74, 6) is 1.94. The number of carbonyl (C=O) groups excluding carboxylic acids is 2. The van der Waals surface area contributed by atoms with Gasteiger partial charge in [0.15, 0.2) is 0 Å². The molecule has 2 rings (SSSR count). The summed E-state index contributed by atoms with van der Waals surface area (Å²) in [4.78, 5) is 27.6. The highest BCUT2D eigenvalue weighted by atomic mass is 16.5. The number of benzene rings is 2. The number of rotatable bonds is 11. The van der Waals surface area contributed by atoms with Gasteiger partial charge in [0, 0.05) is 18.5 Å². The molecule has 7 heteroatoms. The lowest BCUT2D eigenvalue weighted by Crippen LogP contribution is -2.52. The van der Waals surface area contributed by atoms with Crippen LogP contribution in [0.4, 0.5) is 0 Å². The molecule has 1 unspecified atom stereocenters. The van der Waals surface area contributed by atoms with E-state index in [4.69, 9.17) is 14.2 Å². The van der Waals surface area contributed by atoms with Gasteiger partial charge >= 0.3 is 0 Å². The van der Waals surface area contributed by atoms with E-state index in [1.54, 1.807) is 26.0 Å². The number of ether oxygens (including phenoxy) is 3. The van der Waals surface area contributed by atoms with Gasteiger partial charge in [-0.15, -0.1) is 0 Å². The Labute approximate surface area is 197 Å². The third kappa shape index (κ3) is 8.67. The molecular formula is C26H36N2O5. The van der Waals surface area contributed by atoms with Crippen LogP contribution in [0.3, 0.4) is 0 Å². The second-order valence-electron chi connectivity index (χ2n) is 8.91. The fourth-order valence-electron chi connectivity index (χ4n) is 3.21. The maximum atomic E-state index is 13.1. The Hall–Kier alpha value is -3.22. The molecule has 0 saturated carbocycles. The Balaban J connectivity index is 2.01. The second kappa shape index (κ2) is 12.1. The number of nitrogens with zero attached hydrogens (tertiary/aromatic N) is 1. The van der Waals surface area contributed by atoms with E-state index in [0.29, 0.717) is 19.6 Å². The number of methoxy groups -OCH3 is 2. The standard InChI is InChI=1S/C26H36N2O5/c1-19(25(30)27-26(2,3)4)28(18-20-9-11-21(31-5)12-10-20)24(29)8-7-17-33-23-15-13-22(32-6)14-16-23/h9-16,19H,7-8,17-18H2,1-6H3,(H,27,30). The summed E-state index contributed by atoms with van der Waals surface area (Å²) in [7, 11) is 3.22. The molecule has 1 atom stereocenters. The van der Waals surface area contributed by atoms with Gasteiger partial charge in [0.1, 0.15) is 23.3 Å². The van der Waals surface area contributed by atoms with Crippen LogP contribution >= 0.6 is 0 Å². The van der Waals surface area contributed by atoms with Crippen molar-refractivity contribution < 1.29 is 23.8 Å². The molecule has 0 heterocycles. The van der Waals surface area contributed by atoms with Crippen LogP contribution in [0.25, 0.3) is 0 Å². The zero-order chi connectivity index (χ0) is 24.4. The van der Waals surface area contributed by atoms with Crippen molar-refractivity contribution in [2.24, 2.45) is 0 Å². The number of carbonyl (C=O) groups is 2. The maximum Gasteiger partial charge on any atom is 0.242 e. The average Bonchev–Trinajstić information content (AvgIpc) is 2.79. The Morgan fingerprint density at radius 3 is 1.94 bits per heavy atom. The zero-order valence-corrected chi connectivity index (χ0v) is 20.5. The Morgan fingerprint density at radius 2 is 1.42 bits per heavy atom. The Morgan fingerprint density at radius 1 is 0.909 bits per heavy atom. The maximum absolute atomic E-state index is 13.1. The van der Waals surface area contributed by atoms with Crippen LogP contribution in [-0.2, 0) is 16.1 Å². The average molecular weight is 457 g/mol. The van der Waals surface area contributed by atoms with Gasteiger partial charge in [0.25, 0.3) is 0 Å². The van der Waals surface area contributed by atoms with E-state index in [1.807, 2.05) is 69.3 Å². The summed E-state index contributed by atoms with van der Waals surface area (Å²) in [6.45, 7) is 8.26. The number of hydrogen-bond donors (Lipinski definition) is 1. The first-order chi connectivity index (χ1) is 15.6. The van der Waals surface area contributed by atoms with Gasteiger partial charge in [-0.05, 0) is 76.1 Å².